The number of amides is 2. The summed E-state index contributed by atoms with van der Waals surface area (Å²) >= 11 is 1.07. The first-order valence-corrected chi connectivity index (χ1v) is 12.6. The molecular weight excluding hydrogens is 472 g/mol. The van der Waals surface area contributed by atoms with Gasteiger partial charge in [-0.15, -0.1) is 11.3 Å². The summed E-state index contributed by atoms with van der Waals surface area (Å²) in [5.41, 5.74) is 6.16. The highest BCUT2D eigenvalue weighted by molar-refractivity contribution is 7.94. The average molecular weight is 495 g/mol. The van der Waals surface area contributed by atoms with Gasteiger partial charge in [0.2, 0.25) is 0 Å². The van der Waals surface area contributed by atoms with Crippen LogP contribution in [0, 0.1) is 0 Å². The van der Waals surface area contributed by atoms with Crippen LogP contribution in [0.5, 0.6) is 0 Å². The van der Waals surface area contributed by atoms with Crippen LogP contribution in [-0.2, 0) is 10.0 Å². The standard InChI is InChI=1S/C24H22N4O4S2/c1-28(2)19-10-5-9-18(13-19)23(29)25-26-24(30)20-14-16-7-3-4-8-17(16)15-21(20)27-34(31,32)22-11-6-12-33-22/h3-15,27H,1-2H3,(H,25,29)(H,26,30). The zero-order chi connectivity index (χ0) is 24.3. The fourth-order valence-corrected chi connectivity index (χ4v) is 5.37. The van der Waals surface area contributed by atoms with Crippen molar-refractivity contribution in [3.63, 3.8) is 0 Å². The zero-order valence-electron chi connectivity index (χ0n) is 18.4. The molecule has 0 spiro atoms. The molecule has 34 heavy (non-hydrogen) atoms. The van der Waals surface area contributed by atoms with Crippen molar-refractivity contribution in [3.8, 4) is 0 Å². The second-order valence-electron chi connectivity index (χ2n) is 7.64. The molecule has 0 aliphatic carbocycles. The highest BCUT2D eigenvalue weighted by Crippen LogP contribution is 2.27. The van der Waals surface area contributed by atoms with E-state index >= 15 is 0 Å². The van der Waals surface area contributed by atoms with Gasteiger partial charge < -0.3 is 4.90 Å². The topological polar surface area (TPSA) is 108 Å². The second-order valence-corrected chi connectivity index (χ2v) is 10.5. The molecule has 4 rings (SSSR count). The van der Waals surface area contributed by atoms with Crippen LogP contribution in [0.4, 0.5) is 11.4 Å². The summed E-state index contributed by atoms with van der Waals surface area (Å²) in [7, 11) is -0.168. The number of anilines is 2. The number of benzene rings is 3. The Balaban J connectivity index is 1.61. The van der Waals surface area contributed by atoms with Gasteiger partial charge in [0, 0.05) is 25.3 Å². The van der Waals surface area contributed by atoms with E-state index in [2.05, 4.69) is 15.6 Å². The molecule has 0 radical (unpaired) electrons. The van der Waals surface area contributed by atoms with Gasteiger partial charge in [-0.05, 0) is 52.6 Å². The highest BCUT2D eigenvalue weighted by Gasteiger charge is 2.21. The van der Waals surface area contributed by atoms with E-state index in [0.717, 1.165) is 27.8 Å². The van der Waals surface area contributed by atoms with Crippen LogP contribution in [0.2, 0.25) is 0 Å². The number of hydrazine groups is 1. The summed E-state index contributed by atoms with van der Waals surface area (Å²) in [5.74, 6) is -1.16. The fraction of sp³-hybridized carbons (Fsp3) is 0.0833. The number of rotatable bonds is 6. The minimum Gasteiger partial charge on any atom is -0.378 e. The first-order chi connectivity index (χ1) is 16.2. The van der Waals surface area contributed by atoms with E-state index < -0.39 is 21.8 Å². The zero-order valence-corrected chi connectivity index (χ0v) is 20.0. The highest BCUT2D eigenvalue weighted by atomic mass is 32.2. The van der Waals surface area contributed by atoms with E-state index in [1.807, 2.05) is 49.3 Å². The van der Waals surface area contributed by atoms with Crippen LogP contribution in [0.1, 0.15) is 20.7 Å². The fourth-order valence-electron chi connectivity index (χ4n) is 3.30. The minimum absolute atomic E-state index is 0.0705. The van der Waals surface area contributed by atoms with Crippen LogP contribution in [-0.4, -0.2) is 34.3 Å². The second kappa shape index (κ2) is 9.54. The van der Waals surface area contributed by atoms with Crippen molar-refractivity contribution in [2.45, 2.75) is 4.21 Å². The molecule has 3 aromatic carbocycles. The summed E-state index contributed by atoms with van der Waals surface area (Å²) in [6.45, 7) is 0. The predicted molar refractivity (Wildman–Crippen MR) is 135 cm³/mol. The molecule has 0 saturated heterocycles. The molecule has 2 amide bonds. The molecule has 0 fully saturated rings. The lowest BCUT2D eigenvalue weighted by Gasteiger charge is -2.15. The van der Waals surface area contributed by atoms with Crippen molar-refractivity contribution in [1.29, 1.82) is 0 Å². The Hall–Kier alpha value is -3.89. The van der Waals surface area contributed by atoms with Gasteiger partial charge in [-0.3, -0.25) is 25.2 Å². The maximum Gasteiger partial charge on any atom is 0.271 e. The Bertz CT molecular complexity index is 1470. The Morgan fingerprint density at radius 1 is 0.824 bits per heavy atom. The van der Waals surface area contributed by atoms with E-state index in [0.29, 0.717) is 5.56 Å². The van der Waals surface area contributed by atoms with Gasteiger partial charge >= 0.3 is 0 Å². The molecule has 8 nitrogen and oxygen atoms in total. The van der Waals surface area contributed by atoms with E-state index in [-0.39, 0.29) is 15.5 Å². The third-order valence-electron chi connectivity index (χ3n) is 5.05. The molecule has 0 saturated carbocycles. The van der Waals surface area contributed by atoms with Gasteiger partial charge in [0.25, 0.3) is 21.8 Å². The van der Waals surface area contributed by atoms with Crippen molar-refractivity contribution in [3.05, 3.63) is 89.3 Å². The lowest BCUT2D eigenvalue weighted by molar-refractivity contribution is 0.0847. The van der Waals surface area contributed by atoms with E-state index in [9.17, 15) is 18.0 Å². The molecule has 174 valence electrons. The monoisotopic (exact) mass is 494 g/mol. The smallest absolute Gasteiger partial charge is 0.271 e. The van der Waals surface area contributed by atoms with Crippen molar-refractivity contribution in [2.75, 3.05) is 23.7 Å². The van der Waals surface area contributed by atoms with Gasteiger partial charge in [0.05, 0.1) is 11.3 Å². The first-order valence-electron chi connectivity index (χ1n) is 10.2. The third-order valence-corrected chi connectivity index (χ3v) is 7.81. The number of sulfonamides is 1. The minimum atomic E-state index is -3.89. The van der Waals surface area contributed by atoms with Crippen LogP contribution < -0.4 is 20.5 Å². The predicted octanol–water partition coefficient (Wildman–Crippen LogP) is 3.84. The Morgan fingerprint density at radius 2 is 1.53 bits per heavy atom. The molecule has 0 unspecified atom stereocenters. The summed E-state index contributed by atoms with van der Waals surface area (Å²) in [5, 5.41) is 3.16. The Morgan fingerprint density at radius 3 is 2.21 bits per heavy atom. The molecule has 0 atom stereocenters. The molecule has 4 aromatic rings. The normalized spacial score (nSPS) is 11.1. The van der Waals surface area contributed by atoms with Crippen molar-refractivity contribution >= 4 is 55.3 Å². The van der Waals surface area contributed by atoms with Gasteiger partial charge in [0.15, 0.2) is 0 Å². The SMILES string of the molecule is CN(C)c1cccc(C(=O)NNC(=O)c2cc3ccccc3cc2NS(=O)(=O)c2cccs2)c1. The number of nitrogens with one attached hydrogen (secondary N) is 3. The lowest BCUT2D eigenvalue weighted by Crippen LogP contribution is -2.42. The quantitative estimate of drug-likeness (QED) is 0.353. The molecular formula is C24H22N4O4S2. The van der Waals surface area contributed by atoms with E-state index in [4.69, 9.17) is 0 Å². The largest absolute Gasteiger partial charge is 0.378 e. The van der Waals surface area contributed by atoms with Gasteiger partial charge in [-0.2, -0.15) is 0 Å². The van der Waals surface area contributed by atoms with Crippen LogP contribution >= 0.6 is 11.3 Å². The van der Waals surface area contributed by atoms with E-state index in [1.165, 1.54) is 6.07 Å². The Kier molecular flexibility index (Phi) is 6.53. The van der Waals surface area contributed by atoms with Gasteiger partial charge in [-0.25, -0.2) is 8.42 Å². The molecule has 1 heterocycles. The first kappa shape index (κ1) is 23.3. The van der Waals surface area contributed by atoms with E-state index in [1.54, 1.807) is 41.8 Å². The van der Waals surface area contributed by atoms with Crippen LogP contribution in [0.3, 0.4) is 0 Å². The average Bonchev–Trinajstić information content (AvgIpc) is 3.38. The maximum atomic E-state index is 13.0. The summed E-state index contributed by atoms with van der Waals surface area (Å²) in [4.78, 5) is 27.5. The number of hydrogen-bond donors (Lipinski definition) is 3. The third kappa shape index (κ3) is 5.03. The molecule has 0 aliphatic rings. The lowest BCUT2D eigenvalue weighted by atomic mass is 10.0. The number of fused-ring (bicyclic) bond motifs is 1. The molecule has 10 heteroatoms. The van der Waals surface area contributed by atoms with Crippen LogP contribution in [0.15, 0.2) is 82.4 Å². The number of carbonyl (C=O) groups excluding carboxylic acids is 2. The summed E-state index contributed by atoms with van der Waals surface area (Å²) < 4.78 is 28.2. The molecule has 3 N–H and O–H groups in total. The molecule has 0 bridgehead atoms. The molecule has 0 aliphatic heterocycles. The van der Waals surface area contributed by atoms with Crippen molar-refractivity contribution in [2.24, 2.45) is 0 Å². The Labute approximate surface area is 201 Å². The van der Waals surface area contributed by atoms with Crippen molar-refractivity contribution < 1.29 is 18.0 Å². The molecule has 1 aromatic heterocycles. The van der Waals surface area contributed by atoms with Gasteiger partial charge in [-0.1, -0.05) is 36.4 Å². The maximum absolute atomic E-state index is 13.0. The number of nitrogens with zero attached hydrogens (tertiary/aromatic N) is 1. The van der Waals surface area contributed by atoms with Crippen LogP contribution in [0.25, 0.3) is 10.8 Å². The summed E-state index contributed by atoms with van der Waals surface area (Å²) in [6, 6.07) is 20.5. The number of carbonyl (C=O) groups is 2. The summed E-state index contributed by atoms with van der Waals surface area (Å²) in [6.07, 6.45) is 0. The van der Waals surface area contributed by atoms with Crippen molar-refractivity contribution in [1.82, 2.24) is 10.9 Å². The number of hydrogen-bond acceptors (Lipinski definition) is 6. The number of thiophene rings is 1. The van der Waals surface area contributed by atoms with Gasteiger partial charge in [0.1, 0.15) is 4.21 Å².